The molecule has 5 nitrogen and oxygen atoms in total. The van der Waals surface area contributed by atoms with Crippen LogP contribution in [0.5, 0.6) is 0 Å². The third-order valence-corrected chi connectivity index (χ3v) is 5.33. The van der Waals surface area contributed by atoms with Gasteiger partial charge in [0.15, 0.2) is 0 Å². The molecule has 2 aromatic carbocycles. The molecule has 0 aliphatic rings. The van der Waals surface area contributed by atoms with Crippen LogP contribution in [0.4, 0.5) is 5.69 Å². The zero-order valence-electron chi connectivity index (χ0n) is 14.1. The van der Waals surface area contributed by atoms with Crippen LogP contribution in [0.25, 0.3) is 0 Å². The Labute approximate surface area is 167 Å². The predicted octanol–water partition coefficient (Wildman–Crippen LogP) is 4.97. The first-order chi connectivity index (χ1) is 12.4. The standard InChI is InChI=1S/C19H15Br2N3O2/c1-11-17(22-18(25)13-7-3-5-9-15(13)20)12(2)24(23-11)19(26)14-8-4-6-10-16(14)21/h3-10H,1-2H3,(H,22,25). The second-order valence-corrected chi connectivity index (χ2v) is 7.39. The molecule has 0 unspecified atom stereocenters. The Morgan fingerprint density at radius 2 is 1.46 bits per heavy atom. The van der Waals surface area contributed by atoms with E-state index in [1.54, 1.807) is 50.2 Å². The Morgan fingerprint density at radius 1 is 0.923 bits per heavy atom. The molecule has 0 bridgehead atoms. The highest BCUT2D eigenvalue weighted by atomic mass is 79.9. The molecule has 26 heavy (non-hydrogen) atoms. The van der Waals surface area contributed by atoms with Crippen molar-refractivity contribution in [3.05, 3.63) is 80.0 Å². The minimum Gasteiger partial charge on any atom is -0.319 e. The summed E-state index contributed by atoms with van der Waals surface area (Å²) in [4.78, 5) is 25.4. The van der Waals surface area contributed by atoms with E-state index >= 15 is 0 Å². The van der Waals surface area contributed by atoms with Gasteiger partial charge in [0.05, 0.1) is 28.2 Å². The van der Waals surface area contributed by atoms with E-state index < -0.39 is 0 Å². The first-order valence-electron chi connectivity index (χ1n) is 7.81. The number of aromatic nitrogens is 2. The Hall–Kier alpha value is -2.25. The zero-order valence-corrected chi connectivity index (χ0v) is 17.3. The van der Waals surface area contributed by atoms with Crippen LogP contribution in [0.3, 0.4) is 0 Å². The fraction of sp³-hybridized carbons (Fsp3) is 0.105. The van der Waals surface area contributed by atoms with E-state index in [0.717, 1.165) is 0 Å². The van der Waals surface area contributed by atoms with Crippen LogP contribution in [0.15, 0.2) is 57.5 Å². The molecule has 1 N–H and O–H groups in total. The summed E-state index contributed by atoms with van der Waals surface area (Å²) in [6.07, 6.45) is 0. The zero-order chi connectivity index (χ0) is 18.8. The van der Waals surface area contributed by atoms with Gasteiger partial charge in [0, 0.05) is 8.95 Å². The van der Waals surface area contributed by atoms with Gasteiger partial charge in [0.2, 0.25) is 0 Å². The number of hydrogen-bond acceptors (Lipinski definition) is 3. The van der Waals surface area contributed by atoms with Crippen LogP contribution in [0.2, 0.25) is 0 Å². The van der Waals surface area contributed by atoms with E-state index in [9.17, 15) is 9.59 Å². The molecule has 0 aliphatic heterocycles. The molecule has 3 aromatic rings. The van der Waals surface area contributed by atoms with Crippen molar-refractivity contribution in [2.75, 3.05) is 5.32 Å². The largest absolute Gasteiger partial charge is 0.319 e. The van der Waals surface area contributed by atoms with Gasteiger partial charge in [-0.3, -0.25) is 9.59 Å². The molecular formula is C19H15Br2N3O2. The smallest absolute Gasteiger partial charge is 0.279 e. The maximum absolute atomic E-state index is 12.8. The summed E-state index contributed by atoms with van der Waals surface area (Å²) >= 11 is 6.76. The van der Waals surface area contributed by atoms with E-state index in [4.69, 9.17) is 0 Å². The molecule has 1 heterocycles. The van der Waals surface area contributed by atoms with Gasteiger partial charge in [-0.1, -0.05) is 24.3 Å². The summed E-state index contributed by atoms with van der Waals surface area (Å²) in [5.41, 5.74) is 2.69. The van der Waals surface area contributed by atoms with Gasteiger partial charge >= 0.3 is 0 Å². The molecule has 1 aromatic heterocycles. The molecule has 0 aliphatic carbocycles. The van der Waals surface area contributed by atoms with Gasteiger partial charge < -0.3 is 5.32 Å². The quantitative estimate of drug-likeness (QED) is 0.580. The summed E-state index contributed by atoms with van der Waals surface area (Å²) in [5.74, 6) is -0.531. The molecule has 1 amide bonds. The molecule has 0 radical (unpaired) electrons. The van der Waals surface area contributed by atoms with Gasteiger partial charge in [0.1, 0.15) is 0 Å². The van der Waals surface area contributed by atoms with Crippen molar-refractivity contribution >= 4 is 49.4 Å². The fourth-order valence-corrected chi connectivity index (χ4v) is 3.52. The summed E-state index contributed by atoms with van der Waals surface area (Å²) in [7, 11) is 0. The number of aryl methyl sites for hydroxylation is 1. The fourth-order valence-electron chi connectivity index (χ4n) is 2.60. The highest BCUT2D eigenvalue weighted by Crippen LogP contribution is 2.25. The molecule has 3 rings (SSSR count). The lowest BCUT2D eigenvalue weighted by atomic mass is 10.2. The first-order valence-corrected chi connectivity index (χ1v) is 9.40. The molecule has 0 spiro atoms. The maximum Gasteiger partial charge on any atom is 0.279 e. The van der Waals surface area contributed by atoms with Gasteiger partial charge in [-0.05, 0) is 70.0 Å². The maximum atomic E-state index is 12.8. The monoisotopic (exact) mass is 475 g/mol. The van der Waals surface area contributed by atoms with Crippen molar-refractivity contribution < 1.29 is 9.59 Å². The SMILES string of the molecule is Cc1nn(C(=O)c2ccccc2Br)c(C)c1NC(=O)c1ccccc1Br. The van der Waals surface area contributed by atoms with Crippen molar-refractivity contribution in [3.8, 4) is 0 Å². The third-order valence-electron chi connectivity index (χ3n) is 3.94. The molecule has 0 fully saturated rings. The van der Waals surface area contributed by atoms with Crippen molar-refractivity contribution in [3.63, 3.8) is 0 Å². The number of carbonyl (C=O) groups is 2. The number of nitrogens with zero attached hydrogens (tertiary/aromatic N) is 2. The number of carbonyl (C=O) groups excluding carboxylic acids is 2. The van der Waals surface area contributed by atoms with Crippen molar-refractivity contribution in [1.29, 1.82) is 0 Å². The van der Waals surface area contributed by atoms with Crippen LogP contribution in [0, 0.1) is 13.8 Å². The number of rotatable bonds is 3. The van der Waals surface area contributed by atoms with E-state index in [1.165, 1.54) is 4.68 Å². The number of halogens is 2. The number of benzene rings is 2. The number of nitrogens with one attached hydrogen (secondary N) is 1. The van der Waals surface area contributed by atoms with Crippen molar-refractivity contribution in [2.45, 2.75) is 13.8 Å². The lowest BCUT2D eigenvalue weighted by molar-refractivity contribution is 0.0940. The summed E-state index contributed by atoms with van der Waals surface area (Å²) in [6.45, 7) is 3.51. The summed E-state index contributed by atoms with van der Waals surface area (Å²) in [5, 5.41) is 7.18. The van der Waals surface area contributed by atoms with Crippen LogP contribution in [-0.4, -0.2) is 21.6 Å². The van der Waals surface area contributed by atoms with Crippen LogP contribution >= 0.6 is 31.9 Å². The van der Waals surface area contributed by atoms with E-state index in [1.807, 2.05) is 12.1 Å². The van der Waals surface area contributed by atoms with Gasteiger partial charge in [0.25, 0.3) is 11.8 Å². The second kappa shape index (κ2) is 7.55. The lowest BCUT2D eigenvalue weighted by Gasteiger charge is -2.08. The Kier molecular flexibility index (Phi) is 5.38. The summed E-state index contributed by atoms with van der Waals surface area (Å²) < 4.78 is 2.70. The third kappa shape index (κ3) is 3.50. The molecule has 0 saturated heterocycles. The van der Waals surface area contributed by atoms with Crippen LogP contribution < -0.4 is 5.32 Å². The minimum atomic E-state index is -0.267. The topological polar surface area (TPSA) is 64.0 Å². The van der Waals surface area contributed by atoms with Crippen molar-refractivity contribution in [1.82, 2.24) is 9.78 Å². The van der Waals surface area contributed by atoms with Crippen LogP contribution in [-0.2, 0) is 0 Å². The lowest BCUT2D eigenvalue weighted by Crippen LogP contribution is -2.17. The van der Waals surface area contributed by atoms with Gasteiger partial charge in [-0.2, -0.15) is 9.78 Å². The highest BCUT2D eigenvalue weighted by Gasteiger charge is 2.21. The molecule has 0 atom stereocenters. The van der Waals surface area contributed by atoms with E-state index in [0.29, 0.717) is 37.1 Å². The van der Waals surface area contributed by atoms with Crippen LogP contribution in [0.1, 0.15) is 32.1 Å². The molecule has 7 heteroatoms. The minimum absolute atomic E-state index is 0.264. The average Bonchev–Trinajstić information content (AvgIpc) is 2.90. The molecule has 0 saturated carbocycles. The first kappa shape index (κ1) is 18.5. The Morgan fingerprint density at radius 3 is 2.04 bits per heavy atom. The Balaban J connectivity index is 1.94. The normalized spacial score (nSPS) is 10.6. The van der Waals surface area contributed by atoms with Gasteiger partial charge in [-0.15, -0.1) is 0 Å². The highest BCUT2D eigenvalue weighted by molar-refractivity contribution is 9.10. The van der Waals surface area contributed by atoms with Gasteiger partial charge in [-0.25, -0.2) is 0 Å². The number of amides is 1. The number of hydrogen-bond donors (Lipinski definition) is 1. The van der Waals surface area contributed by atoms with E-state index in [2.05, 4.69) is 42.3 Å². The predicted molar refractivity (Wildman–Crippen MR) is 108 cm³/mol. The number of anilines is 1. The second-order valence-electron chi connectivity index (χ2n) is 5.68. The Bertz CT molecular complexity index is 1010. The molecule has 132 valence electrons. The average molecular weight is 477 g/mol. The van der Waals surface area contributed by atoms with Crippen molar-refractivity contribution in [2.24, 2.45) is 0 Å². The van der Waals surface area contributed by atoms with E-state index in [-0.39, 0.29) is 11.8 Å². The summed E-state index contributed by atoms with van der Waals surface area (Å²) in [6, 6.07) is 14.3. The molecular weight excluding hydrogens is 462 g/mol.